The van der Waals surface area contributed by atoms with Crippen LogP contribution in [0.1, 0.15) is 15.9 Å². The van der Waals surface area contributed by atoms with Crippen LogP contribution >= 0.6 is 11.8 Å². The summed E-state index contributed by atoms with van der Waals surface area (Å²) in [4.78, 5) is 17.6. The first-order valence-electron chi connectivity index (χ1n) is 7.80. The second-order valence-electron chi connectivity index (χ2n) is 5.45. The number of hydrogen-bond acceptors (Lipinski definition) is 4. The molecule has 3 aromatic rings. The number of thioether (sulfide) groups is 1. The lowest BCUT2D eigenvalue weighted by Gasteiger charge is -2.09. The maximum Gasteiger partial charge on any atom is 0.256 e. The molecule has 2 aromatic carbocycles. The molecular formula is C20H18N2O2S. The summed E-state index contributed by atoms with van der Waals surface area (Å²) in [5.74, 6) is 1.05. The van der Waals surface area contributed by atoms with Crippen molar-refractivity contribution in [3.63, 3.8) is 0 Å². The Labute approximate surface area is 151 Å². The fourth-order valence-corrected chi connectivity index (χ4v) is 2.87. The van der Waals surface area contributed by atoms with Crippen LogP contribution in [-0.4, -0.2) is 17.1 Å². The SMILES string of the molecule is CSc1ccccc1C(=O)Nc1ccc(Oc2ccc(C)cc2)nc1. The quantitative estimate of drug-likeness (QED) is 0.646. The second-order valence-corrected chi connectivity index (χ2v) is 6.30. The molecule has 25 heavy (non-hydrogen) atoms. The molecule has 0 atom stereocenters. The lowest BCUT2D eigenvalue weighted by Crippen LogP contribution is -2.13. The van der Waals surface area contributed by atoms with E-state index in [0.29, 0.717) is 17.1 Å². The van der Waals surface area contributed by atoms with Crippen LogP contribution in [0.25, 0.3) is 0 Å². The molecule has 0 aliphatic carbocycles. The van der Waals surface area contributed by atoms with Crippen molar-refractivity contribution in [3.05, 3.63) is 78.0 Å². The van der Waals surface area contributed by atoms with E-state index in [1.165, 1.54) is 5.56 Å². The molecule has 0 radical (unpaired) electrons. The van der Waals surface area contributed by atoms with Crippen LogP contribution in [0.4, 0.5) is 5.69 Å². The molecule has 3 rings (SSSR count). The average Bonchev–Trinajstić information content (AvgIpc) is 2.65. The van der Waals surface area contributed by atoms with Crippen LogP contribution in [0.15, 0.2) is 71.8 Å². The van der Waals surface area contributed by atoms with Gasteiger partial charge in [0.05, 0.1) is 17.4 Å². The summed E-state index contributed by atoms with van der Waals surface area (Å²) in [7, 11) is 0. The van der Waals surface area contributed by atoms with Gasteiger partial charge in [-0.05, 0) is 43.5 Å². The molecule has 4 nitrogen and oxygen atoms in total. The fourth-order valence-electron chi connectivity index (χ4n) is 2.27. The molecule has 0 saturated carbocycles. The number of rotatable bonds is 5. The Morgan fingerprint density at radius 2 is 1.80 bits per heavy atom. The molecule has 0 saturated heterocycles. The van der Waals surface area contributed by atoms with E-state index in [-0.39, 0.29) is 5.91 Å². The van der Waals surface area contributed by atoms with Gasteiger partial charge in [-0.1, -0.05) is 29.8 Å². The van der Waals surface area contributed by atoms with E-state index in [4.69, 9.17) is 4.74 Å². The van der Waals surface area contributed by atoms with Crippen molar-refractivity contribution >= 4 is 23.4 Å². The third kappa shape index (κ3) is 4.39. The van der Waals surface area contributed by atoms with Crippen LogP contribution in [0, 0.1) is 6.92 Å². The first-order chi connectivity index (χ1) is 12.2. The number of aryl methyl sites for hydroxylation is 1. The number of carbonyl (C=O) groups excluding carboxylic acids is 1. The molecule has 5 heteroatoms. The molecule has 0 fully saturated rings. The molecule has 0 aliphatic rings. The smallest absolute Gasteiger partial charge is 0.256 e. The minimum absolute atomic E-state index is 0.154. The molecule has 0 spiro atoms. The fraction of sp³-hybridized carbons (Fsp3) is 0.100. The van der Waals surface area contributed by atoms with Crippen molar-refractivity contribution in [2.45, 2.75) is 11.8 Å². The number of aromatic nitrogens is 1. The van der Waals surface area contributed by atoms with E-state index in [2.05, 4.69) is 10.3 Å². The van der Waals surface area contributed by atoms with Gasteiger partial charge in [0, 0.05) is 11.0 Å². The minimum Gasteiger partial charge on any atom is -0.439 e. The Kier molecular flexibility index (Phi) is 5.36. The van der Waals surface area contributed by atoms with Gasteiger partial charge in [-0.3, -0.25) is 4.79 Å². The van der Waals surface area contributed by atoms with Gasteiger partial charge < -0.3 is 10.1 Å². The summed E-state index contributed by atoms with van der Waals surface area (Å²) in [6.45, 7) is 2.02. The van der Waals surface area contributed by atoms with Crippen LogP contribution in [0.5, 0.6) is 11.6 Å². The van der Waals surface area contributed by atoms with Gasteiger partial charge in [0.15, 0.2) is 0 Å². The van der Waals surface area contributed by atoms with Gasteiger partial charge in [0.1, 0.15) is 5.75 Å². The predicted octanol–water partition coefficient (Wildman–Crippen LogP) is 5.16. The normalized spacial score (nSPS) is 10.3. The number of ether oxygens (including phenoxy) is 1. The molecule has 0 bridgehead atoms. The summed E-state index contributed by atoms with van der Waals surface area (Å²) in [5, 5.41) is 2.86. The first kappa shape index (κ1) is 17.0. The summed E-state index contributed by atoms with van der Waals surface area (Å²) in [6.07, 6.45) is 3.54. The highest BCUT2D eigenvalue weighted by molar-refractivity contribution is 7.98. The number of hydrogen-bond donors (Lipinski definition) is 1. The lowest BCUT2D eigenvalue weighted by molar-refractivity contribution is 0.102. The maximum atomic E-state index is 12.4. The van der Waals surface area contributed by atoms with E-state index >= 15 is 0 Å². The monoisotopic (exact) mass is 350 g/mol. The highest BCUT2D eigenvalue weighted by atomic mass is 32.2. The van der Waals surface area contributed by atoms with Crippen LogP contribution in [0.2, 0.25) is 0 Å². The maximum absolute atomic E-state index is 12.4. The number of carbonyl (C=O) groups is 1. The molecular weight excluding hydrogens is 332 g/mol. The molecule has 1 heterocycles. The van der Waals surface area contributed by atoms with Crippen molar-refractivity contribution in [2.75, 3.05) is 11.6 Å². The average molecular weight is 350 g/mol. The van der Waals surface area contributed by atoms with Crippen molar-refractivity contribution in [1.29, 1.82) is 0 Å². The van der Waals surface area contributed by atoms with E-state index in [1.807, 2.05) is 61.7 Å². The number of amides is 1. The molecule has 1 N–H and O–H groups in total. The Bertz CT molecular complexity index is 862. The zero-order valence-corrected chi connectivity index (χ0v) is 14.8. The number of nitrogens with one attached hydrogen (secondary N) is 1. The van der Waals surface area contributed by atoms with Crippen molar-refractivity contribution < 1.29 is 9.53 Å². The summed E-state index contributed by atoms with van der Waals surface area (Å²) >= 11 is 1.54. The van der Waals surface area contributed by atoms with Gasteiger partial charge in [0.2, 0.25) is 5.88 Å². The Hall–Kier alpha value is -2.79. The molecule has 0 unspecified atom stereocenters. The van der Waals surface area contributed by atoms with E-state index < -0.39 is 0 Å². The Balaban J connectivity index is 1.68. The van der Waals surface area contributed by atoms with Crippen LogP contribution in [-0.2, 0) is 0 Å². The lowest BCUT2D eigenvalue weighted by atomic mass is 10.2. The predicted molar refractivity (Wildman–Crippen MR) is 102 cm³/mol. The van der Waals surface area contributed by atoms with Crippen LogP contribution < -0.4 is 10.1 Å². The minimum atomic E-state index is -0.154. The second kappa shape index (κ2) is 7.85. The van der Waals surface area contributed by atoms with Gasteiger partial charge >= 0.3 is 0 Å². The van der Waals surface area contributed by atoms with Crippen molar-refractivity contribution in [2.24, 2.45) is 0 Å². The molecule has 126 valence electrons. The molecule has 1 aromatic heterocycles. The van der Waals surface area contributed by atoms with E-state index in [9.17, 15) is 4.79 Å². The molecule has 0 aliphatic heterocycles. The highest BCUT2D eigenvalue weighted by Crippen LogP contribution is 2.23. The third-order valence-corrected chi connectivity index (χ3v) is 4.39. The third-order valence-electron chi connectivity index (χ3n) is 3.59. The standard InChI is InChI=1S/C20H18N2O2S/c1-14-7-10-16(11-8-14)24-19-12-9-15(13-21-19)22-20(23)17-5-3-4-6-18(17)25-2/h3-13H,1-2H3,(H,22,23). The zero-order valence-electron chi connectivity index (χ0n) is 14.0. The first-order valence-corrected chi connectivity index (χ1v) is 9.03. The van der Waals surface area contributed by atoms with Gasteiger partial charge in [0.25, 0.3) is 5.91 Å². The van der Waals surface area contributed by atoms with Gasteiger partial charge in [-0.15, -0.1) is 11.8 Å². The number of pyridine rings is 1. The van der Waals surface area contributed by atoms with Crippen LogP contribution in [0.3, 0.4) is 0 Å². The topological polar surface area (TPSA) is 51.2 Å². The summed E-state index contributed by atoms with van der Waals surface area (Å²) in [5.41, 5.74) is 2.44. The van der Waals surface area contributed by atoms with Gasteiger partial charge in [-0.25, -0.2) is 4.98 Å². The van der Waals surface area contributed by atoms with E-state index in [1.54, 1.807) is 30.1 Å². The zero-order chi connectivity index (χ0) is 17.6. The largest absolute Gasteiger partial charge is 0.439 e. The number of benzene rings is 2. The number of anilines is 1. The molecule has 1 amide bonds. The summed E-state index contributed by atoms with van der Waals surface area (Å²) < 4.78 is 5.69. The summed E-state index contributed by atoms with van der Waals surface area (Å²) in [6, 6.07) is 18.8. The van der Waals surface area contributed by atoms with E-state index in [0.717, 1.165) is 10.6 Å². The van der Waals surface area contributed by atoms with Gasteiger partial charge in [-0.2, -0.15) is 0 Å². The van der Waals surface area contributed by atoms with Crippen molar-refractivity contribution in [3.8, 4) is 11.6 Å². The van der Waals surface area contributed by atoms with Crippen molar-refractivity contribution in [1.82, 2.24) is 4.98 Å². The Morgan fingerprint density at radius 1 is 1.04 bits per heavy atom. The Morgan fingerprint density at radius 3 is 2.48 bits per heavy atom. The number of nitrogens with zero attached hydrogens (tertiary/aromatic N) is 1. The highest BCUT2D eigenvalue weighted by Gasteiger charge is 2.10.